The van der Waals surface area contributed by atoms with Crippen LogP contribution in [0.15, 0.2) is 14.1 Å². The van der Waals surface area contributed by atoms with Crippen LogP contribution in [0.25, 0.3) is 0 Å². The fraction of sp³-hybridized carbons (Fsp3) is 0.556. The summed E-state index contributed by atoms with van der Waals surface area (Å²) in [4.78, 5) is 0. The van der Waals surface area contributed by atoms with Crippen LogP contribution >= 0.6 is 27.3 Å². The molecule has 0 aliphatic carbocycles. The minimum Gasteiger partial charge on any atom is -0.324 e. The molecule has 1 aromatic heterocycles. The Morgan fingerprint density at radius 2 is 2.12 bits per heavy atom. The van der Waals surface area contributed by atoms with Gasteiger partial charge in [-0.25, -0.2) is 13.1 Å². The Balaban J connectivity index is 2.87. The molecule has 0 radical (unpaired) electrons. The Morgan fingerprint density at radius 3 is 2.50 bits per heavy atom. The Labute approximate surface area is 108 Å². The third-order valence-electron chi connectivity index (χ3n) is 1.82. The normalized spacial score (nSPS) is 13.1. The van der Waals surface area contributed by atoms with Crippen molar-refractivity contribution in [3.8, 4) is 0 Å². The molecule has 0 aromatic carbocycles. The first kappa shape index (κ1) is 14.1. The van der Waals surface area contributed by atoms with Crippen molar-refractivity contribution in [3.63, 3.8) is 0 Å². The summed E-state index contributed by atoms with van der Waals surface area (Å²) in [6, 6.07) is 1.64. The van der Waals surface area contributed by atoms with Crippen LogP contribution < -0.4 is 10.5 Å². The second kappa shape index (κ2) is 4.73. The average molecular weight is 327 g/mol. The van der Waals surface area contributed by atoms with E-state index < -0.39 is 15.6 Å². The first-order valence-corrected chi connectivity index (χ1v) is 7.75. The van der Waals surface area contributed by atoms with Gasteiger partial charge >= 0.3 is 0 Å². The summed E-state index contributed by atoms with van der Waals surface area (Å²) < 4.78 is 27.4. The van der Waals surface area contributed by atoms with Crippen LogP contribution in [0.4, 0.5) is 0 Å². The molecule has 0 fully saturated rings. The molecule has 3 N–H and O–H groups in total. The van der Waals surface area contributed by atoms with Gasteiger partial charge in [-0.1, -0.05) is 0 Å². The zero-order valence-electron chi connectivity index (χ0n) is 9.37. The Bertz CT molecular complexity index is 455. The maximum absolute atomic E-state index is 11.9. The first-order valence-electron chi connectivity index (χ1n) is 4.66. The smallest absolute Gasteiger partial charge is 0.250 e. The molecule has 0 spiro atoms. The molecule has 92 valence electrons. The number of hydrogen-bond donors (Lipinski definition) is 2. The zero-order chi connectivity index (χ0) is 12.6. The molecule has 0 bridgehead atoms. The summed E-state index contributed by atoms with van der Waals surface area (Å²) in [5, 5.41) is 0. The Kier molecular flexibility index (Phi) is 4.18. The lowest BCUT2D eigenvalue weighted by Gasteiger charge is -2.18. The van der Waals surface area contributed by atoms with E-state index in [-0.39, 0.29) is 6.54 Å². The number of sulfonamides is 1. The third kappa shape index (κ3) is 3.81. The van der Waals surface area contributed by atoms with Gasteiger partial charge in [0, 0.05) is 12.1 Å². The van der Waals surface area contributed by atoms with E-state index in [4.69, 9.17) is 5.73 Å². The highest BCUT2D eigenvalue weighted by Gasteiger charge is 2.21. The fourth-order valence-electron chi connectivity index (χ4n) is 0.916. The molecule has 0 saturated heterocycles. The van der Waals surface area contributed by atoms with Crippen LogP contribution in [-0.4, -0.2) is 20.5 Å². The second-order valence-electron chi connectivity index (χ2n) is 4.34. The van der Waals surface area contributed by atoms with Gasteiger partial charge in [-0.05, 0) is 48.3 Å². The van der Waals surface area contributed by atoms with Gasteiger partial charge in [0.25, 0.3) is 0 Å². The van der Waals surface area contributed by atoms with Gasteiger partial charge in [-0.3, -0.25) is 0 Å². The molecule has 16 heavy (non-hydrogen) atoms. The van der Waals surface area contributed by atoms with Gasteiger partial charge in [0.05, 0.1) is 3.79 Å². The second-order valence-corrected chi connectivity index (χ2v) is 8.70. The minimum absolute atomic E-state index is 0.212. The highest BCUT2D eigenvalue weighted by molar-refractivity contribution is 9.11. The molecule has 1 rings (SSSR count). The quantitative estimate of drug-likeness (QED) is 0.886. The lowest BCUT2D eigenvalue weighted by Crippen LogP contribution is -2.44. The summed E-state index contributed by atoms with van der Waals surface area (Å²) in [6.07, 6.45) is 0. The van der Waals surface area contributed by atoms with E-state index in [2.05, 4.69) is 20.7 Å². The van der Waals surface area contributed by atoms with E-state index in [9.17, 15) is 8.42 Å². The van der Waals surface area contributed by atoms with E-state index >= 15 is 0 Å². The van der Waals surface area contributed by atoms with Crippen LogP contribution in [-0.2, 0) is 10.0 Å². The monoisotopic (exact) mass is 326 g/mol. The van der Waals surface area contributed by atoms with E-state index in [1.165, 1.54) is 11.3 Å². The average Bonchev–Trinajstić information content (AvgIpc) is 2.44. The largest absolute Gasteiger partial charge is 0.324 e. The van der Waals surface area contributed by atoms with Gasteiger partial charge in [0.2, 0.25) is 10.0 Å². The Morgan fingerprint density at radius 1 is 1.56 bits per heavy atom. The lowest BCUT2D eigenvalue weighted by molar-refractivity contribution is 0.498. The number of aryl methyl sites for hydroxylation is 1. The van der Waals surface area contributed by atoms with Gasteiger partial charge in [0.15, 0.2) is 0 Å². The number of rotatable bonds is 4. The van der Waals surface area contributed by atoms with Crippen molar-refractivity contribution in [1.29, 1.82) is 0 Å². The van der Waals surface area contributed by atoms with Crippen LogP contribution in [0, 0.1) is 6.92 Å². The van der Waals surface area contributed by atoms with Crippen LogP contribution in [0.2, 0.25) is 0 Å². The van der Waals surface area contributed by atoms with Crippen molar-refractivity contribution in [2.75, 3.05) is 6.54 Å². The van der Waals surface area contributed by atoms with Crippen molar-refractivity contribution in [1.82, 2.24) is 4.72 Å². The van der Waals surface area contributed by atoms with E-state index in [0.717, 1.165) is 9.35 Å². The van der Waals surface area contributed by atoms with Crippen LogP contribution in [0.5, 0.6) is 0 Å². The number of thiophene rings is 1. The topological polar surface area (TPSA) is 72.2 Å². The van der Waals surface area contributed by atoms with Crippen LogP contribution in [0.3, 0.4) is 0 Å². The number of hydrogen-bond acceptors (Lipinski definition) is 4. The zero-order valence-corrected chi connectivity index (χ0v) is 12.6. The van der Waals surface area contributed by atoms with E-state index in [1.807, 2.05) is 6.92 Å². The summed E-state index contributed by atoms with van der Waals surface area (Å²) in [7, 11) is -3.44. The van der Waals surface area contributed by atoms with E-state index in [1.54, 1.807) is 19.9 Å². The van der Waals surface area contributed by atoms with Crippen molar-refractivity contribution >= 4 is 37.3 Å². The van der Waals surface area contributed by atoms with Crippen molar-refractivity contribution in [2.24, 2.45) is 5.73 Å². The molecular formula is C9H15BrN2O2S2. The van der Waals surface area contributed by atoms with E-state index in [0.29, 0.717) is 4.21 Å². The molecule has 0 aliphatic rings. The number of nitrogens with one attached hydrogen (secondary N) is 1. The van der Waals surface area contributed by atoms with Crippen molar-refractivity contribution < 1.29 is 8.42 Å². The highest BCUT2D eigenvalue weighted by atomic mass is 79.9. The molecule has 0 atom stereocenters. The van der Waals surface area contributed by atoms with Gasteiger partial charge in [0.1, 0.15) is 4.21 Å². The maximum atomic E-state index is 11.9. The highest BCUT2D eigenvalue weighted by Crippen LogP contribution is 2.30. The van der Waals surface area contributed by atoms with Gasteiger partial charge < -0.3 is 5.73 Å². The molecule has 1 heterocycles. The molecule has 0 saturated carbocycles. The van der Waals surface area contributed by atoms with Gasteiger partial charge in [-0.15, -0.1) is 11.3 Å². The molecule has 0 aliphatic heterocycles. The molecular weight excluding hydrogens is 312 g/mol. The number of nitrogens with two attached hydrogens (primary N) is 1. The molecule has 0 unspecified atom stereocenters. The third-order valence-corrected chi connectivity index (χ3v) is 5.83. The lowest BCUT2D eigenvalue weighted by atomic mass is 10.1. The summed E-state index contributed by atoms with van der Waals surface area (Å²) in [5.41, 5.74) is 6.08. The molecule has 1 aromatic rings. The maximum Gasteiger partial charge on any atom is 0.250 e. The predicted molar refractivity (Wildman–Crippen MR) is 70.2 cm³/mol. The molecule has 7 heteroatoms. The van der Waals surface area contributed by atoms with Crippen molar-refractivity contribution in [2.45, 2.75) is 30.5 Å². The summed E-state index contributed by atoms with van der Waals surface area (Å²) >= 11 is 4.50. The van der Waals surface area contributed by atoms with Crippen LogP contribution in [0.1, 0.15) is 19.4 Å². The number of halogens is 1. The molecule has 0 amide bonds. The standard InChI is InChI=1S/C9H15BrN2O2S2/c1-6-4-7(15-8(6)10)16(13,14)12-5-9(2,3)11/h4,12H,5,11H2,1-3H3. The fourth-order valence-corrected chi connectivity index (χ4v) is 4.41. The Hall–Kier alpha value is 0.0500. The minimum atomic E-state index is -3.44. The summed E-state index contributed by atoms with van der Waals surface area (Å²) in [6.45, 7) is 5.60. The van der Waals surface area contributed by atoms with Crippen molar-refractivity contribution in [3.05, 3.63) is 15.4 Å². The SMILES string of the molecule is Cc1cc(S(=O)(=O)NCC(C)(C)N)sc1Br. The predicted octanol–water partition coefficient (Wildman–Crippen LogP) is 1.83. The molecule has 4 nitrogen and oxygen atoms in total. The summed E-state index contributed by atoms with van der Waals surface area (Å²) in [5.74, 6) is 0. The van der Waals surface area contributed by atoms with Gasteiger partial charge in [-0.2, -0.15) is 0 Å². The first-order chi connectivity index (χ1) is 7.12.